The summed E-state index contributed by atoms with van der Waals surface area (Å²) in [6, 6.07) is 17.0. The van der Waals surface area contributed by atoms with Crippen molar-refractivity contribution in [3.63, 3.8) is 0 Å². The van der Waals surface area contributed by atoms with Crippen molar-refractivity contribution in [2.24, 2.45) is 10.9 Å². The lowest BCUT2D eigenvalue weighted by Gasteiger charge is -2.15. The molecule has 1 aliphatic rings. The van der Waals surface area contributed by atoms with Crippen LogP contribution in [0.4, 0.5) is 5.69 Å². The highest BCUT2D eigenvalue weighted by Crippen LogP contribution is 2.13. The van der Waals surface area contributed by atoms with E-state index in [1.165, 1.54) is 17.7 Å². The number of rotatable bonds is 9. The Kier molecular flexibility index (Phi) is 8.01. The third kappa shape index (κ3) is 7.19. The average molecular weight is 396 g/mol. The smallest absolute Gasteiger partial charge is 0.269 e. The van der Waals surface area contributed by atoms with Crippen LogP contribution in [0.3, 0.4) is 0 Å². The van der Waals surface area contributed by atoms with E-state index >= 15 is 0 Å². The zero-order valence-corrected chi connectivity index (χ0v) is 16.5. The SMILES string of the molecule is O=[N+]([O-])c1ccc(CN=C(NCCCc2ccccc2)NCC2CCOC2)cc1. The Morgan fingerprint density at radius 2 is 1.90 bits per heavy atom. The number of aryl methyl sites for hydroxylation is 1. The van der Waals surface area contributed by atoms with Crippen LogP contribution in [0.25, 0.3) is 0 Å². The maximum atomic E-state index is 10.8. The number of aliphatic imine (C=N–C) groups is 1. The van der Waals surface area contributed by atoms with Crippen molar-refractivity contribution in [1.82, 2.24) is 10.6 Å². The van der Waals surface area contributed by atoms with Crippen molar-refractivity contribution in [1.29, 1.82) is 0 Å². The molecule has 154 valence electrons. The van der Waals surface area contributed by atoms with Gasteiger partial charge in [0.15, 0.2) is 5.96 Å². The minimum Gasteiger partial charge on any atom is -0.381 e. The van der Waals surface area contributed by atoms with E-state index in [4.69, 9.17) is 4.74 Å². The van der Waals surface area contributed by atoms with Gasteiger partial charge in [0.1, 0.15) is 0 Å². The molecule has 0 aromatic heterocycles. The maximum absolute atomic E-state index is 10.8. The van der Waals surface area contributed by atoms with E-state index in [1.54, 1.807) is 12.1 Å². The van der Waals surface area contributed by atoms with E-state index in [-0.39, 0.29) is 5.69 Å². The number of nitro groups is 1. The molecular formula is C22H28N4O3. The average Bonchev–Trinajstić information content (AvgIpc) is 3.27. The summed E-state index contributed by atoms with van der Waals surface area (Å²) in [6.45, 7) is 3.73. The number of nitrogens with zero attached hydrogens (tertiary/aromatic N) is 2. The Morgan fingerprint density at radius 1 is 1.10 bits per heavy atom. The second-order valence-electron chi connectivity index (χ2n) is 7.21. The fourth-order valence-corrected chi connectivity index (χ4v) is 3.20. The van der Waals surface area contributed by atoms with Gasteiger partial charge in [-0.1, -0.05) is 42.5 Å². The Hall–Kier alpha value is -2.93. The number of benzene rings is 2. The molecule has 29 heavy (non-hydrogen) atoms. The van der Waals surface area contributed by atoms with Gasteiger partial charge in [0.2, 0.25) is 0 Å². The first kappa shape index (κ1) is 20.8. The minimum atomic E-state index is -0.391. The van der Waals surface area contributed by atoms with Gasteiger partial charge in [-0.2, -0.15) is 0 Å². The highest BCUT2D eigenvalue weighted by Gasteiger charge is 2.15. The predicted octanol–water partition coefficient (Wildman–Crippen LogP) is 3.30. The van der Waals surface area contributed by atoms with Crippen molar-refractivity contribution in [3.8, 4) is 0 Å². The minimum absolute atomic E-state index is 0.0938. The lowest BCUT2D eigenvalue weighted by atomic mass is 10.1. The molecule has 1 fully saturated rings. The fourth-order valence-electron chi connectivity index (χ4n) is 3.20. The predicted molar refractivity (Wildman–Crippen MR) is 114 cm³/mol. The van der Waals surface area contributed by atoms with Gasteiger partial charge in [-0.25, -0.2) is 4.99 Å². The molecule has 1 saturated heterocycles. The van der Waals surface area contributed by atoms with Gasteiger partial charge in [0.25, 0.3) is 5.69 Å². The first-order valence-electron chi connectivity index (χ1n) is 10.1. The highest BCUT2D eigenvalue weighted by atomic mass is 16.6. The molecule has 0 saturated carbocycles. The lowest BCUT2D eigenvalue weighted by molar-refractivity contribution is -0.384. The summed E-state index contributed by atoms with van der Waals surface area (Å²) in [7, 11) is 0. The van der Waals surface area contributed by atoms with Crippen LogP contribution in [-0.4, -0.2) is 37.2 Å². The summed E-state index contributed by atoms with van der Waals surface area (Å²) >= 11 is 0. The third-order valence-electron chi connectivity index (χ3n) is 4.93. The first-order chi connectivity index (χ1) is 14.2. The van der Waals surface area contributed by atoms with Crippen LogP contribution >= 0.6 is 0 Å². The molecule has 2 N–H and O–H groups in total. The highest BCUT2D eigenvalue weighted by molar-refractivity contribution is 5.79. The molecule has 1 aliphatic heterocycles. The summed E-state index contributed by atoms with van der Waals surface area (Å²) in [5.74, 6) is 1.27. The van der Waals surface area contributed by atoms with Crippen molar-refractivity contribution in [3.05, 3.63) is 75.8 Å². The van der Waals surface area contributed by atoms with E-state index in [9.17, 15) is 10.1 Å². The molecule has 2 aromatic carbocycles. The number of nitro benzene ring substituents is 1. The van der Waals surface area contributed by atoms with Crippen LogP contribution in [0.5, 0.6) is 0 Å². The van der Waals surface area contributed by atoms with E-state index in [0.29, 0.717) is 12.5 Å². The van der Waals surface area contributed by atoms with Crippen LogP contribution < -0.4 is 10.6 Å². The number of hydrogen-bond acceptors (Lipinski definition) is 4. The largest absolute Gasteiger partial charge is 0.381 e. The molecule has 1 atom stereocenters. The van der Waals surface area contributed by atoms with E-state index < -0.39 is 4.92 Å². The Morgan fingerprint density at radius 3 is 2.59 bits per heavy atom. The van der Waals surface area contributed by atoms with Gasteiger partial charge >= 0.3 is 0 Å². The van der Waals surface area contributed by atoms with Crippen LogP contribution in [0, 0.1) is 16.0 Å². The Bertz CT molecular complexity index is 787. The fraction of sp³-hybridized carbons (Fsp3) is 0.409. The lowest BCUT2D eigenvalue weighted by Crippen LogP contribution is -2.40. The zero-order valence-electron chi connectivity index (χ0n) is 16.5. The maximum Gasteiger partial charge on any atom is 0.269 e. The molecule has 0 bridgehead atoms. The number of guanidine groups is 1. The molecule has 3 rings (SSSR count). The third-order valence-corrected chi connectivity index (χ3v) is 4.93. The quantitative estimate of drug-likeness (QED) is 0.223. The van der Waals surface area contributed by atoms with Crippen LogP contribution in [0.2, 0.25) is 0 Å². The summed E-state index contributed by atoms with van der Waals surface area (Å²) in [5.41, 5.74) is 2.36. The van der Waals surface area contributed by atoms with Crippen LogP contribution in [0.1, 0.15) is 24.0 Å². The Balaban J connectivity index is 1.52. The molecule has 0 aliphatic carbocycles. The second kappa shape index (κ2) is 11.2. The monoisotopic (exact) mass is 396 g/mol. The topological polar surface area (TPSA) is 88.8 Å². The number of non-ortho nitro benzene ring substituents is 1. The van der Waals surface area contributed by atoms with E-state index in [2.05, 4.69) is 39.9 Å². The molecule has 1 heterocycles. The molecule has 1 unspecified atom stereocenters. The molecule has 7 heteroatoms. The van der Waals surface area contributed by atoms with Crippen molar-refractivity contribution < 1.29 is 9.66 Å². The first-order valence-corrected chi connectivity index (χ1v) is 10.1. The van der Waals surface area contributed by atoms with E-state index in [0.717, 1.165) is 57.1 Å². The normalized spacial score (nSPS) is 16.6. The molecule has 0 radical (unpaired) electrons. The van der Waals surface area contributed by atoms with Crippen molar-refractivity contribution in [2.75, 3.05) is 26.3 Å². The summed E-state index contributed by atoms with van der Waals surface area (Å²) in [5, 5.41) is 17.6. The summed E-state index contributed by atoms with van der Waals surface area (Å²) in [6.07, 6.45) is 3.09. The summed E-state index contributed by atoms with van der Waals surface area (Å²) in [4.78, 5) is 15.1. The van der Waals surface area contributed by atoms with Gasteiger partial charge in [-0.05, 0) is 30.4 Å². The zero-order chi connectivity index (χ0) is 20.3. The Labute approximate surface area is 171 Å². The molecular weight excluding hydrogens is 368 g/mol. The van der Waals surface area contributed by atoms with Crippen LogP contribution in [-0.2, 0) is 17.7 Å². The number of ether oxygens (including phenoxy) is 1. The van der Waals surface area contributed by atoms with Crippen molar-refractivity contribution in [2.45, 2.75) is 25.8 Å². The summed E-state index contributed by atoms with van der Waals surface area (Å²) < 4.78 is 5.44. The van der Waals surface area contributed by atoms with Gasteiger partial charge < -0.3 is 15.4 Å². The molecule has 0 spiro atoms. The van der Waals surface area contributed by atoms with Crippen molar-refractivity contribution >= 4 is 11.6 Å². The van der Waals surface area contributed by atoms with Gasteiger partial charge in [0.05, 0.1) is 18.1 Å². The van der Waals surface area contributed by atoms with E-state index in [1.807, 2.05) is 6.07 Å². The van der Waals surface area contributed by atoms with Gasteiger partial charge in [-0.15, -0.1) is 0 Å². The number of hydrogen-bond donors (Lipinski definition) is 2. The molecule has 0 amide bonds. The van der Waals surface area contributed by atoms with Gasteiger partial charge in [0, 0.05) is 37.7 Å². The standard InChI is InChI=1S/C22H28N4O3/c27-26(28)21-10-8-19(9-11-21)15-24-22(25-16-20-12-14-29-17-20)23-13-4-7-18-5-2-1-3-6-18/h1-3,5-6,8-11,20H,4,7,12-17H2,(H2,23,24,25). The van der Waals surface area contributed by atoms with Crippen LogP contribution in [0.15, 0.2) is 59.6 Å². The number of nitrogens with one attached hydrogen (secondary N) is 2. The van der Waals surface area contributed by atoms with Gasteiger partial charge in [-0.3, -0.25) is 10.1 Å². The second-order valence-corrected chi connectivity index (χ2v) is 7.21. The molecule has 2 aromatic rings. The molecule has 7 nitrogen and oxygen atoms in total.